The Bertz CT molecular complexity index is 366. The summed E-state index contributed by atoms with van der Waals surface area (Å²) in [6.45, 7) is 3.72. The Morgan fingerprint density at radius 1 is 1.00 bits per heavy atom. The molecule has 0 aliphatic carbocycles. The molecule has 1 aliphatic rings. The third-order valence-electron chi connectivity index (χ3n) is 2.18. The van der Waals surface area contributed by atoms with Crippen molar-refractivity contribution in [2.75, 3.05) is 26.3 Å². The van der Waals surface area contributed by atoms with Crippen LogP contribution in [0, 0.1) is 0 Å². The van der Waals surface area contributed by atoms with E-state index in [0.717, 1.165) is 26.3 Å². The van der Waals surface area contributed by atoms with Crippen LogP contribution in [0.25, 0.3) is 0 Å². The number of nitrogens with zero attached hydrogens (tertiary/aromatic N) is 1. The van der Waals surface area contributed by atoms with Gasteiger partial charge in [0.15, 0.2) is 19.3 Å². The SMILES string of the molecule is C(c1ccccc1)=[N+]1CCOCC1.[Cl][Al-]([Cl])([Cl])[Cl]. The average Bonchev–Trinajstić information content (AvgIpc) is 2.29. The Kier molecular flexibility index (Phi) is 7.99. The highest BCUT2D eigenvalue weighted by atomic mass is 35.9. The van der Waals surface area contributed by atoms with Crippen molar-refractivity contribution in [2.45, 2.75) is 0 Å². The van der Waals surface area contributed by atoms with Gasteiger partial charge in [-0.15, -0.1) is 0 Å². The van der Waals surface area contributed by atoms with E-state index in [0.29, 0.717) is 0 Å². The molecule has 2 rings (SSSR count). The third-order valence-corrected chi connectivity index (χ3v) is 2.18. The molecule has 0 unspecified atom stereocenters. The van der Waals surface area contributed by atoms with Crippen LogP contribution in [-0.4, -0.2) is 46.5 Å². The molecule has 1 fully saturated rings. The molecule has 100 valence electrons. The maximum absolute atomic E-state index is 5.28. The molecule has 18 heavy (non-hydrogen) atoms. The van der Waals surface area contributed by atoms with Gasteiger partial charge in [-0.3, -0.25) is 0 Å². The van der Waals surface area contributed by atoms with E-state index in [1.165, 1.54) is 5.56 Å². The molecule has 0 bridgehead atoms. The van der Waals surface area contributed by atoms with Crippen molar-refractivity contribution < 1.29 is 9.31 Å². The van der Waals surface area contributed by atoms with Crippen LogP contribution in [0.4, 0.5) is 0 Å². The molecule has 0 atom stereocenters. The van der Waals surface area contributed by atoms with E-state index in [4.69, 9.17) is 44.9 Å². The second-order valence-electron chi connectivity index (χ2n) is 3.68. The van der Waals surface area contributed by atoms with E-state index in [9.17, 15) is 0 Å². The van der Waals surface area contributed by atoms with Gasteiger partial charge in [-0.1, -0.05) is 18.2 Å². The predicted octanol–water partition coefficient (Wildman–Crippen LogP) is 3.53. The first-order chi connectivity index (χ1) is 8.45. The third kappa shape index (κ3) is 9.47. The molecule has 0 N–H and O–H groups in total. The maximum atomic E-state index is 5.28. The van der Waals surface area contributed by atoms with Gasteiger partial charge in [0.05, 0.1) is 0 Å². The molecule has 1 saturated heterocycles. The van der Waals surface area contributed by atoms with Gasteiger partial charge in [0, 0.05) is 5.56 Å². The zero-order chi connectivity index (χ0) is 13.4. The molecule has 0 spiro atoms. The predicted molar refractivity (Wildman–Crippen MR) is 81.6 cm³/mol. The van der Waals surface area contributed by atoms with Crippen LogP contribution in [0.2, 0.25) is 0 Å². The molecule has 1 aromatic rings. The van der Waals surface area contributed by atoms with Crippen LogP contribution in [0.5, 0.6) is 0 Å². The van der Waals surface area contributed by atoms with Crippen molar-refractivity contribution in [3.8, 4) is 0 Å². The van der Waals surface area contributed by atoms with Crippen LogP contribution in [0.3, 0.4) is 0 Å². The second kappa shape index (κ2) is 8.66. The van der Waals surface area contributed by atoms with Crippen LogP contribution < -0.4 is 0 Å². The van der Waals surface area contributed by atoms with Gasteiger partial charge >= 0.3 is 9.39 Å². The molecule has 7 heteroatoms. The van der Waals surface area contributed by atoms with Gasteiger partial charge in [0.1, 0.15) is 13.2 Å². The van der Waals surface area contributed by atoms with E-state index in [1.54, 1.807) is 0 Å². The number of hydrogen-bond donors (Lipinski definition) is 0. The van der Waals surface area contributed by atoms with Crippen LogP contribution in [-0.2, 0) is 4.74 Å². The van der Waals surface area contributed by atoms with Gasteiger partial charge in [-0.2, -0.15) is 0 Å². The summed E-state index contributed by atoms with van der Waals surface area (Å²) in [4.78, 5) is 0. The molecule has 1 aromatic carbocycles. The topological polar surface area (TPSA) is 12.2 Å². The lowest BCUT2D eigenvalue weighted by molar-refractivity contribution is -0.544. The summed E-state index contributed by atoms with van der Waals surface area (Å²) >= 11 is 0. The number of hydrogen-bond acceptors (Lipinski definition) is 1. The Morgan fingerprint density at radius 2 is 1.50 bits per heavy atom. The summed E-state index contributed by atoms with van der Waals surface area (Å²) in [5.74, 6) is 0. The van der Waals surface area contributed by atoms with Crippen molar-refractivity contribution in [2.24, 2.45) is 0 Å². The van der Waals surface area contributed by atoms with Crippen molar-refractivity contribution in [3.05, 3.63) is 35.9 Å². The van der Waals surface area contributed by atoms with Gasteiger partial charge in [-0.05, 0) is 12.1 Å². The summed E-state index contributed by atoms with van der Waals surface area (Å²) in [6, 6.07) is 10.4. The van der Waals surface area contributed by atoms with Crippen molar-refractivity contribution in [3.63, 3.8) is 0 Å². The van der Waals surface area contributed by atoms with Gasteiger partial charge in [0.2, 0.25) is 0 Å². The van der Waals surface area contributed by atoms with Crippen LogP contribution in [0.15, 0.2) is 30.3 Å². The smallest absolute Gasteiger partial charge is 0.391 e. The Balaban J connectivity index is 0.000000280. The fourth-order valence-electron chi connectivity index (χ4n) is 1.46. The number of benzene rings is 1. The zero-order valence-corrected chi connectivity index (χ0v) is 13.9. The average molecular weight is 345 g/mol. The highest BCUT2D eigenvalue weighted by Gasteiger charge is 2.14. The summed E-state index contributed by atoms with van der Waals surface area (Å²) in [7, 11) is 17.0. The van der Waals surface area contributed by atoms with Crippen molar-refractivity contribution in [1.82, 2.24) is 0 Å². The molecular weight excluding hydrogens is 331 g/mol. The van der Waals surface area contributed by atoms with Crippen molar-refractivity contribution >= 4 is 55.8 Å². The fraction of sp³-hybridized carbons (Fsp3) is 0.364. The Labute approximate surface area is 127 Å². The molecule has 2 nitrogen and oxygen atoms in total. The molecule has 0 saturated carbocycles. The summed E-state index contributed by atoms with van der Waals surface area (Å²) < 4.78 is 7.58. The van der Waals surface area contributed by atoms with Crippen LogP contribution in [0.1, 0.15) is 5.56 Å². The van der Waals surface area contributed by atoms with Gasteiger partial charge < -0.3 is 44.9 Å². The second-order valence-corrected chi connectivity index (χ2v) is 16.5. The standard InChI is InChI=1S/C11H14NO.Al.4ClH/c1-2-4-11(5-3-1)10-12-6-8-13-9-7-12;;;;;/h1-5,10H,6-9H2;;4*1H/q+1;+3;;;;/p-4. The van der Waals surface area contributed by atoms with E-state index >= 15 is 0 Å². The fourth-order valence-corrected chi connectivity index (χ4v) is 1.46. The summed E-state index contributed by atoms with van der Waals surface area (Å²) in [5.41, 5.74) is 1.27. The maximum Gasteiger partial charge on any atom is 0.564 e. The minimum atomic E-state index is -2.94. The summed E-state index contributed by atoms with van der Waals surface area (Å²) in [6.07, 6.45) is 2.20. The quantitative estimate of drug-likeness (QED) is 0.560. The monoisotopic (exact) mass is 343 g/mol. The van der Waals surface area contributed by atoms with Crippen LogP contribution >= 0.6 is 40.2 Å². The summed E-state index contributed by atoms with van der Waals surface area (Å²) in [5, 5.41) is 0. The number of rotatable bonds is 1. The molecule has 1 heterocycles. The highest BCUT2D eigenvalue weighted by molar-refractivity contribution is 7.81. The first-order valence-electron chi connectivity index (χ1n) is 5.54. The first-order valence-corrected chi connectivity index (χ1v) is 12.5. The van der Waals surface area contributed by atoms with E-state index in [1.807, 2.05) is 6.07 Å². The van der Waals surface area contributed by atoms with Gasteiger partial charge in [-0.25, -0.2) is 4.58 Å². The first kappa shape index (κ1) is 16.6. The normalized spacial score (nSPS) is 15.7. The molecule has 1 aliphatic heterocycles. The minimum absolute atomic E-state index is 0.851. The lowest BCUT2D eigenvalue weighted by Crippen LogP contribution is -2.29. The Morgan fingerprint density at radius 3 is 2.00 bits per heavy atom. The van der Waals surface area contributed by atoms with E-state index < -0.39 is 9.39 Å². The largest absolute Gasteiger partial charge is 0.564 e. The number of halogens is 4. The minimum Gasteiger partial charge on any atom is -0.391 e. The molecular formula is C11H14AlCl4NO. The number of ether oxygens (including phenoxy) is 1. The molecule has 0 amide bonds. The van der Waals surface area contributed by atoms with Gasteiger partial charge in [0.25, 0.3) is 0 Å². The zero-order valence-electron chi connectivity index (χ0n) is 9.74. The van der Waals surface area contributed by atoms with E-state index in [2.05, 4.69) is 35.1 Å². The molecule has 0 radical (unpaired) electrons. The molecule has 0 aromatic heterocycles. The lowest BCUT2D eigenvalue weighted by Gasteiger charge is -2.10. The Hall–Kier alpha value is 0.542. The lowest BCUT2D eigenvalue weighted by atomic mass is 10.2. The van der Waals surface area contributed by atoms with Crippen molar-refractivity contribution in [1.29, 1.82) is 0 Å². The number of morpholine rings is 1. The highest BCUT2D eigenvalue weighted by Crippen LogP contribution is 2.23. The van der Waals surface area contributed by atoms with E-state index in [-0.39, 0.29) is 0 Å².